The molecular weight excluding hydrogens is 428 g/mol. The van der Waals surface area contributed by atoms with E-state index in [-0.39, 0.29) is 29.2 Å². The Kier molecular flexibility index (Phi) is 7.88. The Morgan fingerprint density at radius 3 is 2.09 bits per heavy atom. The number of carbonyl (C=O) groups is 3. The van der Waals surface area contributed by atoms with Gasteiger partial charge in [-0.15, -0.1) is 11.8 Å². The van der Waals surface area contributed by atoms with Crippen LogP contribution in [-0.4, -0.2) is 34.7 Å². The second-order valence-corrected chi connectivity index (χ2v) is 8.22. The van der Waals surface area contributed by atoms with E-state index < -0.39 is 5.97 Å². The first-order chi connectivity index (χ1) is 15.4. The zero-order valence-electron chi connectivity index (χ0n) is 17.3. The van der Waals surface area contributed by atoms with Crippen LogP contribution >= 0.6 is 11.8 Å². The second kappa shape index (κ2) is 11.0. The molecule has 7 nitrogen and oxygen atoms in total. The predicted molar refractivity (Wildman–Crippen MR) is 124 cm³/mol. The fourth-order valence-corrected chi connectivity index (χ4v) is 3.54. The molecule has 0 bridgehead atoms. The van der Waals surface area contributed by atoms with Gasteiger partial charge in [-0.25, -0.2) is 4.79 Å². The lowest BCUT2D eigenvalue weighted by Crippen LogP contribution is -2.22. The third kappa shape index (κ3) is 6.88. The van der Waals surface area contributed by atoms with Crippen LogP contribution in [0.4, 0.5) is 11.4 Å². The van der Waals surface area contributed by atoms with E-state index in [4.69, 9.17) is 9.84 Å². The largest absolute Gasteiger partial charge is 0.484 e. The minimum absolute atomic E-state index is 0.0921. The maximum Gasteiger partial charge on any atom is 0.335 e. The summed E-state index contributed by atoms with van der Waals surface area (Å²) in [6, 6.07) is 22.2. The zero-order valence-corrected chi connectivity index (χ0v) is 18.1. The lowest BCUT2D eigenvalue weighted by atomic mass is 10.2. The smallest absolute Gasteiger partial charge is 0.335 e. The van der Waals surface area contributed by atoms with Gasteiger partial charge in [0.2, 0.25) is 5.91 Å². The maximum atomic E-state index is 12.4. The Morgan fingerprint density at radius 2 is 1.47 bits per heavy atom. The van der Waals surface area contributed by atoms with Gasteiger partial charge in [-0.3, -0.25) is 9.59 Å². The SMILES string of the molecule is CC(Sc1ccc(NC(=O)COc2ccccc2)cc1)C(=O)Nc1ccc(C(=O)O)cc1. The summed E-state index contributed by atoms with van der Waals surface area (Å²) in [6.45, 7) is 1.69. The van der Waals surface area contributed by atoms with E-state index >= 15 is 0 Å². The average molecular weight is 451 g/mol. The van der Waals surface area contributed by atoms with Crippen molar-refractivity contribution in [3.8, 4) is 5.75 Å². The van der Waals surface area contributed by atoms with Crippen LogP contribution in [0.2, 0.25) is 0 Å². The first-order valence-corrected chi connectivity index (χ1v) is 10.7. The van der Waals surface area contributed by atoms with Gasteiger partial charge in [0, 0.05) is 16.3 Å². The number of nitrogens with one attached hydrogen (secondary N) is 2. The van der Waals surface area contributed by atoms with Crippen molar-refractivity contribution < 1.29 is 24.2 Å². The summed E-state index contributed by atoms with van der Waals surface area (Å²) in [6.07, 6.45) is 0. The van der Waals surface area contributed by atoms with Crippen LogP contribution < -0.4 is 15.4 Å². The van der Waals surface area contributed by atoms with E-state index in [2.05, 4.69) is 10.6 Å². The van der Waals surface area contributed by atoms with E-state index in [9.17, 15) is 14.4 Å². The Hall–Kier alpha value is -3.78. The number of carbonyl (C=O) groups excluding carboxylic acids is 2. The molecule has 0 heterocycles. The number of hydrogen-bond acceptors (Lipinski definition) is 5. The molecule has 0 saturated carbocycles. The van der Waals surface area contributed by atoms with Crippen molar-refractivity contribution in [2.24, 2.45) is 0 Å². The topological polar surface area (TPSA) is 105 Å². The average Bonchev–Trinajstić information content (AvgIpc) is 2.80. The highest BCUT2D eigenvalue weighted by molar-refractivity contribution is 8.00. The highest BCUT2D eigenvalue weighted by Crippen LogP contribution is 2.26. The summed E-state index contributed by atoms with van der Waals surface area (Å²) in [5.74, 6) is -0.862. The molecule has 0 radical (unpaired) electrons. The Labute approximate surface area is 189 Å². The van der Waals surface area contributed by atoms with Crippen molar-refractivity contribution >= 4 is 40.9 Å². The van der Waals surface area contributed by atoms with Gasteiger partial charge < -0.3 is 20.5 Å². The maximum absolute atomic E-state index is 12.4. The Balaban J connectivity index is 1.47. The molecule has 2 amide bonds. The summed E-state index contributed by atoms with van der Waals surface area (Å²) in [5.41, 5.74) is 1.32. The molecule has 32 heavy (non-hydrogen) atoms. The number of anilines is 2. The molecule has 8 heteroatoms. The quantitative estimate of drug-likeness (QED) is 0.414. The molecule has 0 aromatic heterocycles. The molecule has 0 spiro atoms. The minimum Gasteiger partial charge on any atom is -0.484 e. The van der Waals surface area contributed by atoms with Crippen molar-refractivity contribution in [3.63, 3.8) is 0 Å². The fraction of sp³-hybridized carbons (Fsp3) is 0.125. The highest BCUT2D eigenvalue weighted by atomic mass is 32.2. The minimum atomic E-state index is -1.02. The first kappa shape index (κ1) is 22.9. The van der Waals surface area contributed by atoms with Crippen LogP contribution in [0.3, 0.4) is 0 Å². The van der Waals surface area contributed by atoms with Crippen LogP contribution in [0, 0.1) is 0 Å². The van der Waals surface area contributed by atoms with Crippen molar-refractivity contribution in [1.82, 2.24) is 0 Å². The van der Waals surface area contributed by atoms with Gasteiger partial charge in [0.15, 0.2) is 6.61 Å². The lowest BCUT2D eigenvalue weighted by molar-refractivity contribution is -0.118. The number of carboxylic acids is 1. The molecule has 164 valence electrons. The zero-order chi connectivity index (χ0) is 22.9. The molecule has 3 aromatic rings. The van der Waals surface area contributed by atoms with Crippen molar-refractivity contribution in [1.29, 1.82) is 0 Å². The molecule has 1 atom stereocenters. The number of amides is 2. The van der Waals surface area contributed by atoms with Gasteiger partial charge in [0.1, 0.15) is 5.75 Å². The van der Waals surface area contributed by atoms with Crippen molar-refractivity contribution in [2.45, 2.75) is 17.1 Å². The second-order valence-electron chi connectivity index (χ2n) is 6.81. The van der Waals surface area contributed by atoms with Gasteiger partial charge in [0.05, 0.1) is 10.8 Å². The van der Waals surface area contributed by atoms with Crippen LogP contribution in [0.5, 0.6) is 5.75 Å². The molecule has 3 N–H and O–H groups in total. The van der Waals surface area contributed by atoms with Crippen molar-refractivity contribution in [3.05, 3.63) is 84.4 Å². The number of ether oxygens (including phenoxy) is 1. The summed E-state index contributed by atoms with van der Waals surface area (Å²) in [7, 11) is 0. The highest BCUT2D eigenvalue weighted by Gasteiger charge is 2.15. The summed E-state index contributed by atoms with van der Waals surface area (Å²) < 4.78 is 5.42. The molecule has 3 rings (SSSR count). The number of hydrogen-bond donors (Lipinski definition) is 3. The van der Waals surface area contributed by atoms with Gasteiger partial charge in [-0.2, -0.15) is 0 Å². The van der Waals surface area contributed by atoms with Crippen LogP contribution in [-0.2, 0) is 9.59 Å². The van der Waals surface area contributed by atoms with E-state index in [1.165, 1.54) is 23.9 Å². The number of carboxylic acid groups (broad SMARTS) is 1. The summed E-state index contributed by atoms with van der Waals surface area (Å²) >= 11 is 1.37. The predicted octanol–water partition coefficient (Wildman–Crippen LogP) is 4.52. The molecule has 0 aliphatic rings. The van der Waals surface area contributed by atoms with Crippen LogP contribution in [0.15, 0.2) is 83.8 Å². The molecular formula is C24H22N2O5S. The van der Waals surface area contributed by atoms with E-state index in [0.29, 0.717) is 17.1 Å². The third-order valence-corrected chi connectivity index (χ3v) is 5.44. The van der Waals surface area contributed by atoms with E-state index in [1.54, 1.807) is 43.3 Å². The first-order valence-electron chi connectivity index (χ1n) is 9.79. The summed E-state index contributed by atoms with van der Waals surface area (Å²) in [4.78, 5) is 36.2. The van der Waals surface area contributed by atoms with Gasteiger partial charge >= 0.3 is 5.97 Å². The van der Waals surface area contributed by atoms with Gasteiger partial charge in [-0.1, -0.05) is 18.2 Å². The molecule has 0 aliphatic carbocycles. The molecule has 0 saturated heterocycles. The van der Waals surface area contributed by atoms with Crippen LogP contribution in [0.1, 0.15) is 17.3 Å². The molecule has 0 fully saturated rings. The number of rotatable bonds is 9. The lowest BCUT2D eigenvalue weighted by Gasteiger charge is -2.13. The number of aromatic carboxylic acids is 1. The molecule has 1 unspecified atom stereocenters. The van der Waals surface area contributed by atoms with Crippen molar-refractivity contribution in [2.75, 3.05) is 17.2 Å². The molecule has 3 aromatic carbocycles. The Bertz CT molecular complexity index is 1070. The standard InChI is InChI=1S/C24H22N2O5S/c1-16(23(28)26-19-9-7-17(8-10-19)24(29)30)32-21-13-11-18(12-14-21)25-22(27)15-31-20-5-3-2-4-6-20/h2-14,16H,15H2,1H3,(H,25,27)(H,26,28)(H,29,30). The fourth-order valence-electron chi connectivity index (χ4n) is 2.68. The number of thioether (sulfide) groups is 1. The number of benzene rings is 3. The van der Waals surface area contributed by atoms with Gasteiger partial charge in [0.25, 0.3) is 5.91 Å². The normalized spacial score (nSPS) is 11.3. The number of para-hydroxylation sites is 1. The third-order valence-electron chi connectivity index (χ3n) is 4.33. The van der Waals surface area contributed by atoms with Crippen LogP contribution in [0.25, 0.3) is 0 Å². The Morgan fingerprint density at radius 1 is 0.875 bits per heavy atom. The van der Waals surface area contributed by atoms with Gasteiger partial charge in [-0.05, 0) is 67.6 Å². The van der Waals surface area contributed by atoms with E-state index in [0.717, 1.165) is 4.90 Å². The monoisotopic (exact) mass is 450 g/mol. The molecule has 0 aliphatic heterocycles. The summed E-state index contributed by atoms with van der Waals surface area (Å²) in [5, 5.41) is 14.1. The van der Waals surface area contributed by atoms with E-state index in [1.807, 2.05) is 30.3 Å².